The van der Waals surface area contributed by atoms with Crippen LogP contribution in [0.3, 0.4) is 0 Å². The molecule has 0 radical (unpaired) electrons. The third-order valence-corrected chi connectivity index (χ3v) is 3.51. The molecule has 0 atom stereocenters. The minimum Gasteiger partial charge on any atom is -0.396 e. The van der Waals surface area contributed by atoms with Gasteiger partial charge in [0.1, 0.15) is 0 Å². The average Bonchev–Trinajstić information content (AvgIpc) is 2.75. The first-order valence-electron chi connectivity index (χ1n) is 5.19. The van der Waals surface area contributed by atoms with Gasteiger partial charge in [-0.05, 0) is 34.1 Å². The van der Waals surface area contributed by atoms with Crippen molar-refractivity contribution in [3.63, 3.8) is 0 Å². The molecule has 0 aliphatic carbocycles. The number of pyridine rings is 1. The molecule has 0 amide bonds. The van der Waals surface area contributed by atoms with Gasteiger partial charge in [-0.2, -0.15) is 5.10 Å². The summed E-state index contributed by atoms with van der Waals surface area (Å²) in [5.41, 5.74) is 8.34. The second-order valence-electron chi connectivity index (χ2n) is 3.83. The molecular weight excluding hydrogens is 360 g/mol. The van der Waals surface area contributed by atoms with Gasteiger partial charge in [0.05, 0.1) is 33.8 Å². The second kappa shape index (κ2) is 4.37. The number of nitrogen functional groups attached to an aromatic ring is 1. The Bertz CT molecular complexity index is 731. The number of halogens is 2. The predicted molar refractivity (Wildman–Crippen MR) is 78.7 cm³/mol. The first-order valence-corrected chi connectivity index (χ1v) is 6.78. The first kappa shape index (κ1) is 11.7. The monoisotopic (exact) mass is 366 g/mol. The van der Waals surface area contributed by atoms with Crippen molar-refractivity contribution in [3.8, 4) is 5.69 Å². The van der Waals surface area contributed by atoms with Crippen molar-refractivity contribution in [2.24, 2.45) is 0 Å². The van der Waals surface area contributed by atoms with Crippen LogP contribution in [0.25, 0.3) is 16.6 Å². The Morgan fingerprint density at radius 1 is 1.11 bits per heavy atom. The Kier molecular flexibility index (Phi) is 2.83. The maximum atomic E-state index is 6.02. The largest absolute Gasteiger partial charge is 0.396 e. The van der Waals surface area contributed by atoms with Crippen molar-refractivity contribution in [2.45, 2.75) is 0 Å². The van der Waals surface area contributed by atoms with Crippen LogP contribution >= 0.6 is 31.9 Å². The summed E-state index contributed by atoms with van der Waals surface area (Å²) in [6.45, 7) is 0. The molecule has 1 aromatic carbocycles. The number of rotatable bonds is 1. The summed E-state index contributed by atoms with van der Waals surface area (Å²) in [4.78, 5) is 4.32. The molecule has 90 valence electrons. The van der Waals surface area contributed by atoms with E-state index in [0.717, 1.165) is 25.5 Å². The molecule has 0 spiro atoms. The minimum atomic E-state index is 0.594. The van der Waals surface area contributed by atoms with Crippen molar-refractivity contribution in [2.75, 3.05) is 5.73 Å². The van der Waals surface area contributed by atoms with E-state index >= 15 is 0 Å². The molecule has 0 saturated carbocycles. The Morgan fingerprint density at radius 3 is 2.67 bits per heavy atom. The summed E-state index contributed by atoms with van der Waals surface area (Å²) in [5, 5.41) is 5.23. The van der Waals surface area contributed by atoms with Crippen molar-refractivity contribution >= 4 is 48.5 Å². The van der Waals surface area contributed by atoms with Crippen molar-refractivity contribution < 1.29 is 0 Å². The highest BCUT2D eigenvalue weighted by Crippen LogP contribution is 2.28. The average molecular weight is 368 g/mol. The van der Waals surface area contributed by atoms with E-state index in [0.29, 0.717) is 5.69 Å². The smallest absolute Gasteiger partial charge is 0.0985 e. The van der Waals surface area contributed by atoms with Gasteiger partial charge in [0.25, 0.3) is 0 Å². The van der Waals surface area contributed by atoms with Gasteiger partial charge in [-0.1, -0.05) is 15.9 Å². The van der Waals surface area contributed by atoms with Gasteiger partial charge in [-0.25, -0.2) is 4.68 Å². The lowest BCUT2D eigenvalue weighted by Crippen LogP contribution is -2.02. The normalized spacial score (nSPS) is 11.0. The van der Waals surface area contributed by atoms with Crippen LogP contribution in [0.5, 0.6) is 0 Å². The number of hydrogen-bond acceptors (Lipinski definition) is 3. The van der Waals surface area contributed by atoms with Gasteiger partial charge in [0, 0.05) is 16.1 Å². The molecular formula is C12H8Br2N4. The zero-order valence-electron chi connectivity index (χ0n) is 9.14. The van der Waals surface area contributed by atoms with Crippen LogP contribution in [-0.4, -0.2) is 14.8 Å². The molecule has 0 aliphatic heterocycles. The Labute approximate surface area is 120 Å². The molecule has 2 aromatic heterocycles. The number of nitrogens with two attached hydrogens (primary N) is 1. The van der Waals surface area contributed by atoms with E-state index in [9.17, 15) is 0 Å². The molecule has 2 heterocycles. The molecule has 0 bridgehead atoms. The van der Waals surface area contributed by atoms with Crippen LogP contribution in [0.15, 0.2) is 45.7 Å². The molecule has 0 fully saturated rings. The molecule has 18 heavy (non-hydrogen) atoms. The maximum absolute atomic E-state index is 6.02. The van der Waals surface area contributed by atoms with E-state index in [-0.39, 0.29) is 0 Å². The van der Waals surface area contributed by atoms with Crippen LogP contribution in [0.4, 0.5) is 5.69 Å². The standard InChI is InChI=1S/C12H8Br2N4/c13-7-1-2-11-9(3-7)12(10(15)5-16-11)18-6-8(14)4-17-18/h1-6H,15H2. The fourth-order valence-electron chi connectivity index (χ4n) is 1.85. The van der Waals surface area contributed by atoms with Gasteiger partial charge >= 0.3 is 0 Å². The predicted octanol–water partition coefficient (Wildman–Crippen LogP) is 3.53. The number of anilines is 1. The van der Waals surface area contributed by atoms with E-state index in [4.69, 9.17) is 5.73 Å². The summed E-state index contributed by atoms with van der Waals surface area (Å²) in [6.07, 6.45) is 5.25. The molecule has 3 rings (SSSR count). The zero-order valence-corrected chi connectivity index (χ0v) is 12.3. The second-order valence-corrected chi connectivity index (χ2v) is 5.66. The van der Waals surface area contributed by atoms with Crippen molar-refractivity contribution in [1.29, 1.82) is 0 Å². The number of aromatic nitrogens is 3. The fraction of sp³-hybridized carbons (Fsp3) is 0. The van der Waals surface area contributed by atoms with Gasteiger partial charge in [-0.3, -0.25) is 4.98 Å². The van der Waals surface area contributed by atoms with E-state index < -0.39 is 0 Å². The molecule has 4 nitrogen and oxygen atoms in total. The van der Waals surface area contributed by atoms with Crippen molar-refractivity contribution in [3.05, 3.63) is 45.7 Å². The van der Waals surface area contributed by atoms with E-state index in [1.54, 1.807) is 17.1 Å². The number of fused-ring (bicyclic) bond motifs is 1. The number of nitrogens with zero attached hydrogens (tertiary/aromatic N) is 3. The Hall–Kier alpha value is -1.40. The van der Waals surface area contributed by atoms with Crippen LogP contribution in [-0.2, 0) is 0 Å². The fourth-order valence-corrected chi connectivity index (χ4v) is 2.49. The Morgan fingerprint density at radius 2 is 1.94 bits per heavy atom. The topological polar surface area (TPSA) is 56.7 Å². The third-order valence-electron chi connectivity index (χ3n) is 2.61. The summed E-state index contributed by atoms with van der Waals surface area (Å²) < 4.78 is 3.63. The third kappa shape index (κ3) is 1.91. The van der Waals surface area contributed by atoms with Crippen LogP contribution < -0.4 is 5.73 Å². The lowest BCUT2D eigenvalue weighted by atomic mass is 10.1. The lowest BCUT2D eigenvalue weighted by molar-refractivity contribution is 0.888. The minimum absolute atomic E-state index is 0.594. The number of hydrogen-bond donors (Lipinski definition) is 1. The molecule has 0 unspecified atom stereocenters. The molecule has 0 aliphatic rings. The summed E-state index contributed by atoms with van der Waals surface area (Å²) >= 11 is 6.84. The van der Waals surface area contributed by atoms with Crippen LogP contribution in [0.2, 0.25) is 0 Å². The van der Waals surface area contributed by atoms with E-state index in [2.05, 4.69) is 41.9 Å². The zero-order chi connectivity index (χ0) is 12.7. The van der Waals surface area contributed by atoms with Gasteiger partial charge in [-0.15, -0.1) is 0 Å². The maximum Gasteiger partial charge on any atom is 0.0985 e. The summed E-state index contributed by atoms with van der Waals surface area (Å²) in [6, 6.07) is 5.89. The van der Waals surface area contributed by atoms with Crippen molar-refractivity contribution in [1.82, 2.24) is 14.8 Å². The molecule has 3 aromatic rings. The van der Waals surface area contributed by atoms with Gasteiger partial charge < -0.3 is 5.73 Å². The van der Waals surface area contributed by atoms with Crippen LogP contribution in [0.1, 0.15) is 0 Å². The quantitative estimate of drug-likeness (QED) is 0.715. The summed E-state index contributed by atoms with van der Waals surface area (Å²) in [7, 11) is 0. The lowest BCUT2D eigenvalue weighted by Gasteiger charge is -2.09. The first-order chi connectivity index (χ1) is 8.65. The summed E-state index contributed by atoms with van der Waals surface area (Å²) in [5.74, 6) is 0. The highest BCUT2D eigenvalue weighted by molar-refractivity contribution is 9.10. The highest BCUT2D eigenvalue weighted by Gasteiger charge is 2.10. The molecule has 0 saturated heterocycles. The SMILES string of the molecule is Nc1cnc2ccc(Br)cc2c1-n1cc(Br)cn1. The van der Waals surface area contributed by atoms with Crippen LogP contribution in [0, 0.1) is 0 Å². The molecule has 6 heteroatoms. The van der Waals surface area contributed by atoms with Gasteiger partial charge in [0.15, 0.2) is 0 Å². The van der Waals surface area contributed by atoms with Gasteiger partial charge in [0.2, 0.25) is 0 Å². The molecule has 2 N–H and O–H groups in total. The number of benzene rings is 1. The Balaban J connectivity index is 2.39. The van der Waals surface area contributed by atoms with E-state index in [1.165, 1.54) is 0 Å². The highest BCUT2D eigenvalue weighted by atomic mass is 79.9. The van der Waals surface area contributed by atoms with E-state index in [1.807, 2.05) is 24.4 Å².